The molecule has 0 fully saturated rings. The second-order valence-corrected chi connectivity index (χ2v) is 5.96. The molecule has 3 rings (SSSR count). The lowest BCUT2D eigenvalue weighted by atomic mass is 10.1. The number of aliphatic hydroxyl groups excluding tert-OH is 1. The fourth-order valence-electron chi connectivity index (χ4n) is 2.45. The molecule has 0 radical (unpaired) electrons. The van der Waals surface area contributed by atoms with Gasteiger partial charge in [0.25, 0.3) is 5.91 Å². The average molecular weight is 367 g/mol. The molecule has 3 N–H and O–H groups in total. The van der Waals surface area contributed by atoms with Gasteiger partial charge in [0.05, 0.1) is 0 Å². The van der Waals surface area contributed by atoms with Crippen molar-refractivity contribution in [3.05, 3.63) is 70.5 Å². The van der Waals surface area contributed by atoms with Crippen LogP contribution in [0.15, 0.2) is 48.7 Å². The SMILES string of the molecule is O=C(NCc1ccc(Cl)cc1)c1ncc2ccc(C#CCO)cc2c1O. The van der Waals surface area contributed by atoms with Crippen LogP contribution in [0.2, 0.25) is 5.02 Å². The Labute approximate surface area is 155 Å². The van der Waals surface area contributed by atoms with E-state index in [1.54, 1.807) is 30.3 Å². The summed E-state index contributed by atoms with van der Waals surface area (Å²) in [5.74, 6) is 4.63. The number of nitrogens with one attached hydrogen (secondary N) is 1. The zero-order valence-corrected chi connectivity index (χ0v) is 14.4. The Hall–Kier alpha value is -3.07. The molecule has 2 aromatic carbocycles. The van der Waals surface area contributed by atoms with Crippen LogP contribution in [-0.2, 0) is 6.54 Å². The highest BCUT2D eigenvalue weighted by Crippen LogP contribution is 2.27. The van der Waals surface area contributed by atoms with Crippen molar-refractivity contribution in [3.8, 4) is 17.6 Å². The molecule has 0 saturated carbocycles. The van der Waals surface area contributed by atoms with Gasteiger partial charge in [0.15, 0.2) is 11.4 Å². The van der Waals surface area contributed by atoms with Crippen LogP contribution in [0.3, 0.4) is 0 Å². The van der Waals surface area contributed by atoms with E-state index < -0.39 is 5.91 Å². The number of pyridine rings is 1. The number of rotatable bonds is 3. The lowest BCUT2D eigenvalue weighted by Gasteiger charge is -2.09. The van der Waals surface area contributed by atoms with Crippen molar-refractivity contribution in [1.29, 1.82) is 0 Å². The summed E-state index contributed by atoms with van der Waals surface area (Å²) >= 11 is 5.84. The first-order valence-corrected chi connectivity index (χ1v) is 8.20. The van der Waals surface area contributed by atoms with Gasteiger partial charge in [-0.2, -0.15) is 0 Å². The largest absolute Gasteiger partial charge is 0.505 e. The predicted molar refractivity (Wildman–Crippen MR) is 100.0 cm³/mol. The maximum atomic E-state index is 12.4. The first kappa shape index (κ1) is 17.7. The molecular weight excluding hydrogens is 352 g/mol. The molecule has 1 aromatic heterocycles. The van der Waals surface area contributed by atoms with Crippen LogP contribution in [0.25, 0.3) is 10.8 Å². The van der Waals surface area contributed by atoms with E-state index in [2.05, 4.69) is 22.1 Å². The van der Waals surface area contributed by atoms with E-state index in [9.17, 15) is 9.90 Å². The molecule has 0 aliphatic heterocycles. The Morgan fingerprint density at radius 2 is 1.96 bits per heavy atom. The number of carbonyl (C=O) groups excluding carboxylic acids is 1. The highest BCUT2D eigenvalue weighted by Gasteiger charge is 2.15. The van der Waals surface area contributed by atoms with Crippen molar-refractivity contribution in [1.82, 2.24) is 10.3 Å². The Balaban J connectivity index is 1.85. The molecule has 130 valence electrons. The van der Waals surface area contributed by atoms with Crippen molar-refractivity contribution in [2.45, 2.75) is 6.54 Å². The summed E-state index contributed by atoms with van der Waals surface area (Å²) < 4.78 is 0. The molecule has 1 amide bonds. The van der Waals surface area contributed by atoms with Crippen LogP contribution in [0, 0.1) is 11.8 Å². The quantitative estimate of drug-likeness (QED) is 0.622. The number of halogens is 1. The van der Waals surface area contributed by atoms with Gasteiger partial charge in [-0.1, -0.05) is 41.6 Å². The number of hydrogen-bond acceptors (Lipinski definition) is 4. The normalized spacial score (nSPS) is 10.2. The van der Waals surface area contributed by atoms with Crippen LogP contribution in [-0.4, -0.2) is 27.7 Å². The van der Waals surface area contributed by atoms with Crippen molar-refractivity contribution < 1.29 is 15.0 Å². The minimum absolute atomic E-state index is 0.0567. The van der Waals surface area contributed by atoms with Crippen LogP contribution >= 0.6 is 11.6 Å². The lowest BCUT2D eigenvalue weighted by molar-refractivity contribution is 0.0943. The van der Waals surface area contributed by atoms with Crippen molar-refractivity contribution in [3.63, 3.8) is 0 Å². The summed E-state index contributed by atoms with van der Waals surface area (Å²) in [5, 5.41) is 23.8. The van der Waals surface area contributed by atoms with Crippen LogP contribution in [0.4, 0.5) is 0 Å². The molecule has 0 bridgehead atoms. The minimum Gasteiger partial charge on any atom is -0.505 e. The van der Waals surface area contributed by atoms with Crippen LogP contribution in [0.1, 0.15) is 21.6 Å². The van der Waals surface area contributed by atoms with Gasteiger partial charge in [0.2, 0.25) is 0 Å². The van der Waals surface area contributed by atoms with Gasteiger partial charge in [-0.15, -0.1) is 0 Å². The van der Waals surface area contributed by atoms with Gasteiger partial charge in [0.1, 0.15) is 6.61 Å². The summed E-state index contributed by atoms with van der Waals surface area (Å²) in [4.78, 5) is 16.5. The van der Waals surface area contributed by atoms with Crippen molar-refractivity contribution >= 4 is 28.3 Å². The van der Waals surface area contributed by atoms with Gasteiger partial charge in [-0.05, 0) is 29.8 Å². The predicted octanol–water partition coefficient (Wildman–Crippen LogP) is 2.87. The molecule has 0 atom stereocenters. The number of benzene rings is 2. The zero-order chi connectivity index (χ0) is 18.5. The first-order valence-electron chi connectivity index (χ1n) is 7.82. The molecule has 0 aliphatic carbocycles. The second-order valence-electron chi connectivity index (χ2n) is 5.53. The number of aromatic hydroxyl groups is 1. The van der Waals surface area contributed by atoms with Gasteiger partial charge >= 0.3 is 0 Å². The van der Waals surface area contributed by atoms with E-state index in [-0.39, 0.29) is 24.6 Å². The topological polar surface area (TPSA) is 82.5 Å². The van der Waals surface area contributed by atoms with Gasteiger partial charge in [-0.3, -0.25) is 4.79 Å². The molecule has 1 heterocycles. The molecule has 0 unspecified atom stereocenters. The van der Waals surface area contributed by atoms with Crippen molar-refractivity contribution in [2.24, 2.45) is 0 Å². The van der Waals surface area contributed by atoms with E-state index in [0.717, 1.165) is 5.56 Å². The number of nitrogens with zero attached hydrogens (tertiary/aromatic N) is 1. The number of hydrogen-bond donors (Lipinski definition) is 3. The summed E-state index contributed by atoms with van der Waals surface area (Å²) in [6.45, 7) is 0.0376. The monoisotopic (exact) mass is 366 g/mol. The number of aromatic nitrogens is 1. The minimum atomic E-state index is -0.480. The fourth-order valence-corrected chi connectivity index (χ4v) is 2.58. The third kappa shape index (κ3) is 3.94. The van der Waals surface area contributed by atoms with E-state index in [0.29, 0.717) is 21.4 Å². The summed E-state index contributed by atoms with van der Waals surface area (Å²) in [5.41, 5.74) is 1.45. The zero-order valence-electron chi connectivity index (χ0n) is 13.7. The number of fused-ring (bicyclic) bond motifs is 1. The summed E-state index contributed by atoms with van der Waals surface area (Å²) in [7, 11) is 0. The Morgan fingerprint density at radius 3 is 2.69 bits per heavy atom. The molecule has 6 heteroatoms. The molecule has 5 nitrogen and oxygen atoms in total. The third-order valence-electron chi connectivity index (χ3n) is 3.76. The van der Waals surface area contributed by atoms with Crippen LogP contribution in [0.5, 0.6) is 5.75 Å². The van der Waals surface area contributed by atoms with Gasteiger partial charge in [-0.25, -0.2) is 4.98 Å². The Bertz CT molecular complexity index is 1020. The Morgan fingerprint density at radius 1 is 1.19 bits per heavy atom. The van der Waals surface area contributed by atoms with Gasteiger partial charge in [0, 0.05) is 34.1 Å². The summed E-state index contributed by atoms with van der Waals surface area (Å²) in [6, 6.07) is 12.3. The fraction of sp³-hybridized carbons (Fsp3) is 0.100. The maximum Gasteiger partial charge on any atom is 0.274 e. The smallest absolute Gasteiger partial charge is 0.274 e. The number of aliphatic hydroxyl groups is 1. The highest BCUT2D eigenvalue weighted by atomic mass is 35.5. The van der Waals surface area contributed by atoms with E-state index in [1.165, 1.54) is 6.20 Å². The molecule has 3 aromatic rings. The second kappa shape index (κ2) is 7.87. The number of carbonyl (C=O) groups is 1. The molecule has 0 spiro atoms. The highest BCUT2D eigenvalue weighted by molar-refractivity contribution is 6.30. The molecule has 0 aliphatic rings. The lowest BCUT2D eigenvalue weighted by Crippen LogP contribution is -2.23. The molecule has 0 saturated heterocycles. The van der Waals surface area contributed by atoms with Crippen LogP contribution < -0.4 is 5.32 Å². The molecule has 26 heavy (non-hydrogen) atoms. The van der Waals surface area contributed by atoms with E-state index in [1.807, 2.05) is 12.1 Å². The third-order valence-corrected chi connectivity index (χ3v) is 4.01. The van der Waals surface area contributed by atoms with Gasteiger partial charge < -0.3 is 15.5 Å². The summed E-state index contributed by atoms with van der Waals surface area (Å²) in [6.07, 6.45) is 1.52. The van der Waals surface area contributed by atoms with E-state index in [4.69, 9.17) is 16.7 Å². The van der Waals surface area contributed by atoms with E-state index >= 15 is 0 Å². The number of amides is 1. The Kier molecular flexibility index (Phi) is 5.37. The molecular formula is C20H15ClN2O3. The average Bonchev–Trinajstić information content (AvgIpc) is 2.66. The first-order chi connectivity index (χ1) is 12.6. The maximum absolute atomic E-state index is 12.4. The standard InChI is InChI=1S/C20H15ClN2O3/c21-16-7-4-14(5-8-16)11-23-20(26)18-19(25)17-10-13(2-1-9-24)3-6-15(17)12-22-18/h3-8,10,12,24-25H,9,11H2,(H,23,26). The van der Waals surface area contributed by atoms with Crippen molar-refractivity contribution in [2.75, 3.05) is 6.61 Å².